The molecule has 2 N–H and O–H groups in total. The molecule has 1 aliphatic carbocycles. The van der Waals surface area contributed by atoms with Gasteiger partial charge in [0, 0.05) is 12.1 Å². The third kappa shape index (κ3) is 1.80. The molecule has 0 spiro atoms. The summed E-state index contributed by atoms with van der Waals surface area (Å²) in [6.45, 7) is 8.82. The van der Waals surface area contributed by atoms with E-state index in [-0.39, 0.29) is 0 Å². The summed E-state index contributed by atoms with van der Waals surface area (Å²) in [7, 11) is 0. The molecule has 0 amide bonds. The van der Waals surface area contributed by atoms with Gasteiger partial charge in [0.05, 0.1) is 0 Å². The van der Waals surface area contributed by atoms with Gasteiger partial charge in [-0.2, -0.15) is 0 Å². The van der Waals surface area contributed by atoms with Crippen LogP contribution < -0.4 is 5.73 Å². The number of hydrogen-bond donors (Lipinski definition) is 1. The van der Waals surface area contributed by atoms with Crippen molar-refractivity contribution < 1.29 is 0 Å². The van der Waals surface area contributed by atoms with Gasteiger partial charge in [0.2, 0.25) is 0 Å². The molecule has 1 rings (SSSR count). The molecule has 0 radical (unpaired) electrons. The Morgan fingerprint density at radius 1 is 1.42 bits per heavy atom. The third-order valence-corrected chi connectivity index (χ3v) is 3.13. The van der Waals surface area contributed by atoms with E-state index in [9.17, 15) is 0 Å². The van der Waals surface area contributed by atoms with E-state index >= 15 is 0 Å². The highest BCUT2D eigenvalue weighted by atomic mass is 15.2. The predicted molar refractivity (Wildman–Crippen MR) is 53.1 cm³/mol. The van der Waals surface area contributed by atoms with Crippen LogP contribution in [0.4, 0.5) is 0 Å². The Kier molecular flexibility index (Phi) is 3.53. The summed E-state index contributed by atoms with van der Waals surface area (Å²) in [6, 6.07) is 1.45. The van der Waals surface area contributed by atoms with Gasteiger partial charge in [-0.15, -0.1) is 0 Å². The van der Waals surface area contributed by atoms with E-state index in [1.807, 2.05) is 0 Å². The Morgan fingerprint density at radius 3 is 2.33 bits per heavy atom. The van der Waals surface area contributed by atoms with Crippen molar-refractivity contribution in [2.24, 2.45) is 11.7 Å². The third-order valence-electron chi connectivity index (χ3n) is 3.13. The highest BCUT2D eigenvalue weighted by molar-refractivity contribution is 4.90. The molecule has 0 aromatic carbocycles. The fourth-order valence-electron chi connectivity index (χ4n) is 2.25. The first-order valence-corrected chi connectivity index (χ1v) is 5.16. The molecule has 72 valence electrons. The van der Waals surface area contributed by atoms with Gasteiger partial charge in [-0.25, -0.2) is 0 Å². The van der Waals surface area contributed by atoms with E-state index in [4.69, 9.17) is 5.73 Å². The van der Waals surface area contributed by atoms with Gasteiger partial charge < -0.3 is 5.73 Å². The second-order valence-corrected chi connectivity index (χ2v) is 4.06. The van der Waals surface area contributed by atoms with E-state index < -0.39 is 0 Å². The maximum atomic E-state index is 5.69. The molecule has 0 saturated heterocycles. The lowest BCUT2D eigenvalue weighted by Crippen LogP contribution is -2.52. The molecule has 0 aromatic rings. The second kappa shape index (κ2) is 4.24. The van der Waals surface area contributed by atoms with E-state index in [2.05, 4.69) is 25.7 Å². The van der Waals surface area contributed by atoms with Gasteiger partial charge in [-0.3, -0.25) is 4.90 Å². The highest BCUT2D eigenvalue weighted by Gasteiger charge is 2.34. The molecule has 0 aliphatic heterocycles. The Bertz CT molecular complexity index is 132. The maximum absolute atomic E-state index is 5.69. The lowest BCUT2D eigenvalue weighted by molar-refractivity contribution is 0.0467. The molecular weight excluding hydrogens is 148 g/mol. The zero-order valence-corrected chi connectivity index (χ0v) is 8.59. The van der Waals surface area contributed by atoms with Gasteiger partial charge in [-0.1, -0.05) is 6.92 Å². The molecule has 2 heteroatoms. The molecule has 1 fully saturated rings. The Hall–Kier alpha value is -0.0800. The van der Waals surface area contributed by atoms with Crippen molar-refractivity contribution in [3.8, 4) is 0 Å². The van der Waals surface area contributed by atoms with E-state index in [0.29, 0.717) is 6.04 Å². The SMILES string of the molecule is CCN(C(C)C)C1CCC1CN. The fraction of sp³-hybridized carbons (Fsp3) is 1.00. The minimum atomic E-state index is 0.675. The van der Waals surface area contributed by atoms with Crippen molar-refractivity contribution >= 4 is 0 Å². The predicted octanol–water partition coefficient (Wildman–Crippen LogP) is 1.45. The van der Waals surface area contributed by atoms with Crippen LogP contribution in [0.2, 0.25) is 0 Å². The van der Waals surface area contributed by atoms with Gasteiger partial charge >= 0.3 is 0 Å². The molecule has 0 aromatic heterocycles. The van der Waals surface area contributed by atoms with Crippen molar-refractivity contribution in [2.45, 2.75) is 45.7 Å². The van der Waals surface area contributed by atoms with Crippen LogP contribution in [0.3, 0.4) is 0 Å². The average molecular weight is 170 g/mol. The van der Waals surface area contributed by atoms with Crippen molar-refractivity contribution in [2.75, 3.05) is 13.1 Å². The summed E-state index contributed by atoms with van der Waals surface area (Å²) in [6.07, 6.45) is 2.69. The molecule has 1 saturated carbocycles. The topological polar surface area (TPSA) is 29.3 Å². The Balaban J connectivity index is 2.43. The Labute approximate surface area is 76.1 Å². The van der Waals surface area contributed by atoms with E-state index in [1.165, 1.54) is 19.4 Å². The van der Waals surface area contributed by atoms with E-state index in [1.54, 1.807) is 0 Å². The second-order valence-electron chi connectivity index (χ2n) is 4.06. The first-order valence-electron chi connectivity index (χ1n) is 5.16. The summed E-state index contributed by atoms with van der Waals surface area (Å²) in [5, 5.41) is 0. The lowest BCUT2D eigenvalue weighted by Gasteiger charge is -2.45. The first kappa shape index (κ1) is 10.0. The molecular formula is C10H22N2. The van der Waals surface area contributed by atoms with Crippen molar-refractivity contribution in [1.82, 2.24) is 4.90 Å². The molecule has 0 bridgehead atoms. The standard InChI is InChI=1S/C10H22N2/c1-4-12(8(2)3)10-6-5-9(10)7-11/h8-10H,4-7,11H2,1-3H3. The van der Waals surface area contributed by atoms with Crippen LogP contribution in [-0.4, -0.2) is 30.1 Å². The largest absolute Gasteiger partial charge is 0.330 e. The normalized spacial score (nSPS) is 29.5. The van der Waals surface area contributed by atoms with Crippen LogP contribution in [0.25, 0.3) is 0 Å². The summed E-state index contributed by atoms with van der Waals surface area (Å²) in [5.74, 6) is 0.771. The number of nitrogens with two attached hydrogens (primary N) is 1. The van der Waals surface area contributed by atoms with Crippen LogP contribution in [0.5, 0.6) is 0 Å². The molecule has 0 heterocycles. The fourth-order valence-corrected chi connectivity index (χ4v) is 2.25. The summed E-state index contributed by atoms with van der Waals surface area (Å²) < 4.78 is 0. The van der Waals surface area contributed by atoms with Crippen molar-refractivity contribution in [3.05, 3.63) is 0 Å². The van der Waals surface area contributed by atoms with Gasteiger partial charge in [0.1, 0.15) is 0 Å². The van der Waals surface area contributed by atoms with Crippen LogP contribution in [-0.2, 0) is 0 Å². The molecule has 2 nitrogen and oxygen atoms in total. The number of hydrogen-bond acceptors (Lipinski definition) is 2. The van der Waals surface area contributed by atoms with Gasteiger partial charge in [0.15, 0.2) is 0 Å². The summed E-state index contributed by atoms with van der Waals surface area (Å²) in [4.78, 5) is 2.57. The molecule has 1 aliphatic rings. The van der Waals surface area contributed by atoms with Gasteiger partial charge in [-0.05, 0) is 45.7 Å². The first-order chi connectivity index (χ1) is 5.70. The average Bonchev–Trinajstić information content (AvgIpc) is 1.97. The van der Waals surface area contributed by atoms with Crippen LogP contribution in [0, 0.1) is 5.92 Å². The minimum absolute atomic E-state index is 0.675. The smallest absolute Gasteiger partial charge is 0.0138 e. The Morgan fingerprint density at radius 2 is 2.08 bits per heavy atom. The maximum Gasteiger partial charge on any atom is 0.0138 e. The molecule has 2 unspecified atom stereocenters. The van der Waals surface area contributed by atoms with Crippen LogP contribution in [0.1, 0.15) is 33.6 Å². The van der Waals surface area contributed by atoms with E-state index in [0.717, 1.165) is 18.5 Å². The quantitative estimate of drug-likeness (QED) is 0.692. The lowest BCUT2D eigenvalue weighted by atomic mass is 9.78. The van der Waals surface area contributed by atoms with Crippen molar-refractivity contribution in [1.29, 1.82) is 0 Å². The number of rotatable bonds is 4. The zero-order valence-electron chi connectivity index (χ0n) is 8.59. The van der Waals surface area contributed by atoms with Crippen LogP contribution >= 0.6 is 0 Å². The zero-order chi connectivity index (χ0) is 9.14. The van der Waals surface area contributed by atoms with Gasteiger partial charge in [0.25, 0.3) is 0 Å². The number of nitrogens with zero attached hydrogens (tertiary/aromatic N) is 1. The molecule has 2 atom stereocenters. The highest BCUT2D eigenvalue weighted by Crippen LogP contribution is 2.32. The molecule has 12 heavy (non-hydrogen) atoms. The minimum Gasteiger partial charge on any atom is -0.330 e. The van der Waals surface area contributed by atoms with Crippen molar-refractivity contribution in [3.63, 3.8) is 0 Å². The summed E-state index contributed by atoms with van der Waals surface area (Å²) in [5.41, 5.74) is 5.69. The van der Waals surface area contributed by atoms with Crippen LogP contribution in [0.15, 0.2) is 0 Å². The monoisotopic (exact) mass is 170 g/mol. The summed E-state index contributed by atoms with van der Waals surface area (Å²) >= 11 is 0.